The minimum Gasteiger partial charge on any atom is -0.462 e. The van der Waals surface area contributed by atoms with Gasteiger partial charge < -0.3 is 19.7 Å². The van der Waals surface area contributed by atoms with Gasteiger partial charge in [0.2, 0.25) is 0 Å². The van der Waals surface area contributed by atoms with Gasteiger partial charge in [-0.3, -0.25) is 4.79 Å². The first-order valence-electron chi connectivity index (χ1n) is 7.75. The molecule has 5 unspecified atom stereocenters. The van der Waals surface area contributed by atoms with E-state index in [0.717, 1.165) is 6.42 Å². The zero-order valence-electron chi connectivity index (χ0n) is 13.0. The molecule has 2 N–H and O–H groups in total. The molecule has 2 aliphatic rings. The van der Waals surface area contributed by atoms with Gasteiger partial charge >= 0.3 is 5.97 Å². The van der Waals surface area contributed by atoms with E-state index in [9.17, 15) is 15.0 Å². The molecule has 2 heterocycles. The Balaban J connectivity index is 2.09. The largest absolute Gasteiger partial charge is 0.462 e. The van der Waals surface area contributed by atoms with Crippen molar-refractivity contribution in [2.45, 2.75) is 77.0 Å². The van der Waals surface area contributed by atoms with Crippen LogP contribution in [0.4, 0.5) is 0 Å². The summed E-state index contributed by atoms with van der Waals surface area (Å²) < 4.78 is 11.1. The number of esters is 1. The van der Waals surface area contributed by atoms with E-state index in [1.807, 2.05) is 13.0 Å². The summed E-state index contributed by atoms with van der Waals surface area (Å²) in [6.07, 6.45) is 4.26. The topological polar surface area (TPSA) is 79.3 Å². The Morgan fingerprint density at radius 2 is 2.14 bits per heavy atom. The fraction of sp³-hybridized carbons (Fsp3) is 0.812. The lowest BCUT2D eigenvalue weighted by Gasteiger charge is -2.30. The number of hydrogen-bond donors (Lipinski definition) is 2. The Kier molecular flexibility index (Phi) is 5.07. The molecule has 0 aromatic rings. The highest BCUT2D eigenvalue weighted by molar-refractivity contribution is 5.77. The van der Waals surface area contributed by atoms with Crippen LogP contribution in [0, 0.1) is 5.41 Å². The Hall–Kier alpha value is -0.910. The number of carbonyl (C=O) groups excluding carboxylic acids is 1. The highest BCUT2D eigenvalue weighted by atomic mass is 16.6. The highest BCUT2D eigenvalue weighted by Crippen LogP contribution is 2.34. The number of aliphatic hydroxyl groups excluding tert-OH is 2. The van der Waals surface area contributed by atoms with Crippen molar-refractivity contribution >= 4 is 5.97 Å². The van der Waals surface area contributed by atoms with Gasteiger partial charge in [0, 0.05) is 12.8 Å². The molecule has 0 aromatic carbocycles. The standard InChI is InChI=1S/C16H26O5/c1-4-5-10(17)8-11-9-13-12(21-13)6-7-14(18)16(2,3)15(19)20-11/h6-7,10-14,17-18H,4-5,8-9H2,1-3H3. The molecule has 0 aromatic heterocycles. The number of fused-ring (bicyclic) bond motifs is 1. The monoisotopic (exact) mass is 298 g/mol. The van der Waals surface area contributed by atoms with Crippen molar-refractivity contribution in [1.29, 1.82) is 0 Å². The number of cyclic esters (lactones) is 1. The minimum absolute atomic E-state index is 0.0151. The fourth-order valence-electron chi connectivity index (χ4n) is 2.60. The number of rotatable bonds is 4. The van der Waals surface area contributed by atoms with Crippen LogP contribution in [0.1, 0.15) is 46.5 Å². The first-order valence-corrected chi connectivity index (χ1v) is 7.75. The second kappa shape index (κ2) is 6.46. The zero-order chi connectivity index (χ0) is 15.6. The average Bonchev–Trinajstić information content (AvgIpc) is 3.13. The van der Waals surface area contributed by atoms with Gasteiger partial charge in [-0.2, -0.15) is 0 Å². The predicted molar refractivity (Wildman–Crippen MR) is 77.6 cm³/mol. The summed E-state index contributed by atoms with van der Waals surface area (Å²) in [6, 6.07) is 0. The summed E-state index contributed by atoms with van der Waals surface area (Å²) in [7, 11) is 0. The van der Waals surface area contributed by atoms with Crippen LogP contribution in [0.5, 0.6) is 0 Å². The molecule has 0 aliphatic carbocycles. The van der Waals surface area contributed by atoms with Crippen molar-refractivity contribution in [3.63, 3.8) is 0 Å². The Morgan fingerprint density at radius 1 is 1.43 bits per heavy atom. The van der Waals surface area contributed by atoms with Crippen molar-refractivity contribution < 1.29 is 24.5 Å². The molecule has 0 saturated carbocycles. The molecule has 2 aliphatic heterocycles. The number of carbonyl (C=O) groups is 1. The SMILES string of the molecule is CCCC(O)CC1CC2OC2C=CC(O)C(C)(C)C(=O)O1. The summed E-state index contributed by atoms with van der Waals surface area (Å²) in [4.78, 5) is 12.3. The number of hydrogen-bond acceptors (Lipinski definition) is 5. The summed E-state index contributed by atoms with van der Waals surface area (Å²) in [6.45, 7) is 5.33. The third-order valence-electron chi connectivity index (χ3n) is 4.30. The van der Waals surface area contributed by atoms with Crippen LogP contribution in [0.2, 0.25) is 0 Å². The quantitative estimate of drug-likeness (QED) is 0.468. The molecule has 5 heteroatoms. The summed E-state index contributed by atoms with van der Waals surface area (Å²) >= 11 is 0. The second-order valence-electron chi connectivity index (χ2n) is 6.63. The van der Waals surface area contributed by atoms with Crippen LogP contribution in [0.15, 0.2) is 12.2 Å². The third kappa shape index (κ3) is 4.05. The molecular weight excluding hydrogens is 272 g/mol. The number of epoxide rings is 1. The van der Waals surface area contributed by atoms with Gasteiger partial charge in [-0.15, -0.1) is 0 Å². The van der Waals surface area contributed by atoms with Crippen molar-refractivity contribution in [2.24, 2.45) is 5.41 Å². The molecule has 1 fully saturated rings. The van der Waals surface area contributed by atoms with Crippen LogP contribution in [-0.4, -0.2) is 46.7 Å². The summed E-state index contributed by atoms with van der Waals surface area (Å²) in [5.74, 6) is -0.438. The Labute approximate surface area is 125 Å². The van der Waals surface area contributed by atoms with Crippen LogP contribution in [0.25, 0.3) is 0 Å². The fourth-order valence-corrected chi connectivity index (χ4v) is 2.60. The second-order valence-corrected chi connectivity index (χ2v) is 6.63. The van der Waals surface area contributed by atoms with E-state index in [1.54, 1.807) is 19.9 Å². The van der Waals surface area contributed by atoms with E-state index in [4.69, 9.17) is 9.47 Å². The molecule has 5 nitrogen and oxygen atoms in total. The van der Waals surface area contributed by atoms with Crippen molar-refractivity contribution in [2.75, 3.05) is 0 Å². The summed E-state index contributed by atoms with van der Waals surface area (Å²) in [5, 5.41) is 20.1. The lowest BCUT2D eigenvalue weighted by atomic mass is 9.85. The van der Waals surface area contributed by atoms with Crippen LogP contribution >= 0.6 is 0 Å². The molecule has 120 valence electrons. The van der Waals surface area contributed by atoms with Crippen LogP contribution in [0.3, 0.4) is 0 Å². The van der Waals surface area contributed by atoms with Gasteiger partial charge in [0.1, 0.15) is 12.2 Å². The molecular formula is C16H26O5. The highest BCUT2D eigenvalue weighted by Gasteiger charge is 2.44. The van der Waals surface area contributed by atoms with Crippen molar-refractivity contribution in [3.05, 3.63) is 12.2 Å². The maximum absolute atomic E-state index is 12.3. The molecule has 0 bridgehead atoms. The van der Waals surface area contributed by atoms with E-state index in [1.165, 1.54) is 0 Å². The van der Waals surface area contributed by atoms with Gasteiger partial charge in [0.05, 0.1) is 23.7 Å². The summed E-state index contributed by atoms with van der Waals surface area (Å²) in [5.41, 5.74) is -1.01. The lowest BCUT2D eigenvalue weighted by Crippen LogP contribution is -2.40. The van der Waals surface area contributed by atoms with E-state index in [2.05, 4.69) is 0 Å². The minimum atomic E-state index is -1.01. The number of ether oxygens (including phenoxy) is 2. The first kappa shape index (κ1) is 16.5. The maximum atomic E-state index is 12.3. The molecule has 21 heavy (non-hydrogen) atoms. The molecule has 5 atom stereocenters. The van der Waals surface area contributed by atoms with E-state index in [0.29, 0.717) is 19.3 Å². The van der Waals surface area contributed by atoms with Gasteiger partial charge in [-0.1, -0.05) is 25.5 Å². The van der Waals surface area contributed by atoms with Gasteiger partial charge in [-0.05, 0) is 20.3 Å². The number of aliphatic hydroxyl groups is 2. The molecule has 2 rings (SSSR count). The zero-order valence-corrected chi connectivity index (χ0v) is 13.0. The smallest absolute Gasteiger partial charge is 0.314 e. The van der Waals surface area contributed by atoms with E-state index < -0.39 is 23.6 Å². The Bertz CT molecular complexity index is 403. The average molecular weight is 298 g/mol. The van der Waals surface area contributed by atoms with Gasteiger partial charge in [0.15, 0.2) is 0 Å². The van der Waals surface area contributed by atoms with Crippen LogP contribution < -0.4 is 0 Å². The molecule has 0 spiro atoms. The Morgan fingerprint density at radius 3 is 2.81 bits per heavy atom. The first-order chi connectivity index (χ1) is 9.84. The van der Waals surface area contributed by atoms with E-state index in [-0.39, 0.29) is 18.3 Å². The van der Waals surface area contributed by atoms with Crippen LogP contribution in [-0.2, 0) is 14.3 Å². The molecule has 1 saturated heterocycles. The third-order valence-corrected chi connectivity index (χ3v) is 4.30. The maximum Gasteiger partial charge on any atom is 0.314 e. The lowest BCUT2D eigenvalue weighted by molar-refractivity contribution is -0.166. The molecule has 0 radical (unpaired) electrons. The van der Waals surface area contributed by atoms with E-state index >= 15 is 0 Å². The van der Waals surface area contributed by atoms with Crippen molar-refractivity contribution in [1.82, 2.24) is 0 Å². The van der Waals surface area contributed by atoms with Gasteiger partial charge in [0.25, 0.3) is 0 Å². The normalized spacial score (nSPS) is 36.5. The van der Waals surface area contributed by atoms with Crippen molar-refractivity contribution in [3.8, 4) is 0 Å². The van der Waals surface area contributed by atoms with Gasteiger partial charge in [-0.25, -0.2) is 0 Å². The predicted octanol–water partition coefficient (Wildman–Crippen LogP) is 1.56. The molecule has 0 amide bonds.